The molecule has 0 heterocycles. The average molecular weight is 213 g/mol. The van der Waals surface area contributed by atoms with Crippen molar-refractivity contribution in [3.8, 4) is 0 Å². The van der Waals surface area contributed by atoms with Crippen LogP contribution in [0, 0.1) is 11.8 Å². The molecule has 0 fully saturated rings. The summed E-state index contributed by atoms with van der Waals surface area (Å²) in [5.41, 5.74) is 0. The quantitative estimate of drug-likeness (QED) is 0.656. The van der Waals surface area contributed by atoms with Crippen molar-refractivity contribution in [3.05, 3.63) is 12.7 Å². The second-order valence-corrected chi connectivity index (χ2v) is 3.85. The second kappa shape index (κ2) is 6.22. The van der Waals surface area contributed by atoms with Gasteiger partial charge in [0.15, 0.2) is 0 Å². The zero-order chi connectivity index (χ0) is 12.0. The highest BCUT2D eigenvalue weighted by Crippen LogP contribution is 2.11. The number of carboxylic acid groups (broad SMARTS) is 1. The van der Waals surface area contributed by atoms with Crippen molar-refractivity contribution in [1.82, 2.24) is 5.32 Å². The number of hydrogen-bond donors (Lipinski definition) is 2. The molecule has 0 spiro atoms. The number of carbonyl (C=O) groups is 2. The van der Waals surface area contributed by atoms with Gasteiger partial charge in [0.05, 0.1) is 5.92 Å². The second-order valence-electron chi connectivity index (χ2n) is 3.85. The van der Waals surface area contributed by atoms with Crippen LogP contribution in [0.25, 0.3) is 0 Å². The Labute approximate surface area is 90.4 Å². The van der Waals surface area contributed by atoms with Crippen molar-refractivity contribution in [3.63, 3.8) is 0 Å². The molecule has 0 aromatic carbocycles. The number of rotatable bonds is 6. The van der Waals surface area contributed by atoms with E-state index < -0.39 is 17.8 Å². The van der Waals surface area contributed by atoms with E-state index in [-0.39, 0.29) is 11.9 Å². The molecule has 0 saturated carbocycles. The van der Waals surface area contributed by atoms with Crippen LogP contribution in [0.1, 0.15) is 27.2 Å². The first-order valence-corrected chi connectivity index (χ1v) is 5.04. The zero-order valence-electron chi connectivity index (χ0n) is 9.49. The van der Waals surface area contributed by atoms with Gasteiger partial charge in [-0.2, -0.15) is 0 Å². The van der Waals surface area contributed by atoms with Gasteiger partial charge in [-0.25, -0.2) is 0 Å². The standard InChI is InChI=1S/C11H19NO3/c1-5-6-7(2)12-10(13)8(3)9(4)11(14)15/h5,7-9H,1,6H2,2-4H3,(H,12,13)(H,14,15). The molecule has 86 valence electrons. The van der Waals surface area contributed by atoms with Crippen LogP contribution in [0.15, 0.2) is 12.7 Å². The highest BCUT2D eigenvalue weighted by molar-refractivity contribution is 5.84. The van der Waals surface area contributed by atoms with Gasteiger partial charge >= 0.3 is 5.97 Å². The van der Waals surface area contributed by atoms with Crippen LogP contribution in [0.2, 0.25) is 0 Å². The van der Waals surface area contributed by atoms with Crippen molar-refractivity contribution < 1.29 is 14.7 Å². The summed E-state index contributed by atoms with van der Waals surface area (Å²) in [6.07, 6.45) is 2.40. The summed E-state index contributed by atoms with van der Waals surface area (Å²) in [5, 5.41) is 11.5. The normalized spacial score (nSPS) is 16.2. The molecular weight excluding hydrogens is 194 g/mol. The summed E-state index contributed by atoms with van der Waals surface area (Å²) in [5.74, 6) is -2.36. The molecular formula is C11H19NO3. The highest BCUT2D eigenvalue weighted by Gasteiger charge is 2.26. The molecule has 3 atom stereocenters. The molecule has 0 aliphatic carbocycles. The van der Waals surface area contributed by atoms with Crippen LogP contribution >= 0.6 is 0 Å². The minimum atomic E-state index is -0.950. The Balaban J connectivity index is 4.20. The third-order valence-electron chi connectivity index (χ3n) is 2.46. The van der Waals surface area contributed by atoms with Crippen LogP contribution in [-0.4, -0.2) is 23.0 Å². The Kier molecular flexibility index (Phi) is 5.67. The smallest absolute Gasteiger partial charge is 0.307 e. The Morgan fingerprint density at radius 3 is 2.27 bits per heavy atom. The molecule has 0 aromatic heterocycles. The molecule has 0 aromatic rings. The van der Waals surface area contributed by atoms with Crippen molar-refractivity contribution in [2.24, 2.45) is 11.8 Å². The van der Waals surface area contributed by atoms with Gasteiger partial charge in [-0.15, -0.1) is 6.58 Å². The molecule has 0 saturated heterocycles. The lowest BCUT2D eigenvalue weighted by atomic mass is 9.95. The Morgan fingerprint density at radius 1 is 1.33 bits per heavy atom. The fraction of sp³-hybridized carbons (Fsp3) is 0.636. The van der Waals surface area contributed by atoms with Crippen molar-refractivity contribution >= 4 is 11.9 Å². The van der Waals surface area contributed by atoms with Gasteiger partial charge in [0.2, 0.25) is 5.91 Å². The summed E-state index contributed by atoms with van der Waals surface area (Å²) in [7, 11) is 0. The van der Waals surface area contributed by atoms with Crippen molar-refractivity contribution in [2.45, 2.75) is 33.2 Å². The molecule has 0 radical (unpaired) electrons. The predicted molar refractivity (Wildman–Crippen MR) is 58.4 cm³/mol. The number of hydrogen-bond acceptors (Lipinski definition) is 2. The van der Waals surface area contributed by atoms with Crippen LogP contribution in [0.3, 0.4) is 0 Å². The minimum absolute atomic E-state index is 0.00144. The van der Waals surface area contributed by atoms with Gasteiger partial charge in [0.25, 0.3) is 0 Å². The zero-order valence-corrected chi connectivity index (χ0v) is 9.49. The number of aliphatic carboxylic acids is 1. The van der Waals surface area contributed by atoms with Crippen LogP contribution in [-0.2, 0) is 9.59 Å². The van der Waals surface area contributed by atoms with Crippen molar-refractivity contribution in [2.75, 3.05) is 0 Å². The lowest BCUT2D eigenvalue weighted by Crippen LogP contribution is -2.39. The van der Waals surface area contributed by atoms with E-state index in [0.717, 1.165) is 0 Å². The summed E-state index contributed by atoms with van der Waals surface area (Å²) < 4.78 is 0. The third kappa shape index (κ3) is 4.63. The lowest BCUT2D eigenvalue weighted by Gasteiger charge is -2.18. The van der Waals surface area contributed by atoms with E-state index in [4.69, 9.17) is 5.11 Å². The lowest BCUT2D eigenvalue weighted by molar-refractivity contribution is -0.146. The van der Waals surface area contributed by atoms with Crippen LogP contribution in [0.5, 0.6) is 0 Å². The average Bonchev–Trinajstić information content (AvgIpc) is 2.15. The molecule has 0 aliphatic heterocycles. The molecule has 4 nitrogen and oxygen atoms in total. The van der Waals surface area contributed by atoms with Crippen LogP contribution < -0.4 is 5.32 Å². The Hall–Kier alpha value is -1.32. The molecule has 0 rings (SSSR count). The van der Waals surface area contributed by atoms with Gasteiger partial charge in [-0.05, 0) is 13.3 Å². The highest BCUT2D eigenvalue weighted by atomic mass is 16.4. The first-order chi connectivity index (χ1) is 6.90. The number of amides is 1. The van der Waals surface area contributed by atoms with Gasteiger partial charge < -0.3 is 10.4 Å². The summed E-state index contributed by atoms with van der Waals surface area (Å²) in [4.78, 5) is 22.2. The maximum atomic E-state index is 11.6. The van der Waals surface area contributed by atoms with E-state index in [1.165, 1.54) is 6.92 Å². The van der Waals surface area contributed by atoms with Gasteiger partial charge in [-0.1, -0.05) is 19.9 Å². The molecule has 3 unspecified atom stereocenters. The fourth-order valence-electron chi connectivity index (χ4n) is 1.12. The number of carboxylic acids is 1. The fourth-order valence-corrected chi connectivity index (χ4v) is 1.12. The Morgan fingerprint density at radius 2 is 1.87 bits per heavy atom. The maximum absolute atomic E-state index is 11.6. The molecule has 0 aliphatic rings. The number of carbonyl (C=O) groups excluding carboxylic acids is 1. The topological polar surface area (TPSA) is 66.4 Å². The van der Waals surface area contributed by atoms with E-state index >= 15 is 0 Å². The van der Waals surface area contributed by atoms with E-state index in [0.29, 0.717) is 6.42 Å². The van der Waals surface area contributed by atoms with Crippen molar-refractivity contribution in [1.29, 1.82) is 0 Å². The van der Waals surface area contributed by atoms with E-state index in [1.54, 1.807) is 13.0 Å². The molecule has 0 bridgehead atoms. The van der Waals surface area contributed by atoms with E-state index in [1.807, 2.05) is 6.92 Å². The third-order valence-corrected chi connectivity index (χ3v) is 2.46. The van der Waals surface area contributed by atoms with Crippen LogP contribution in [0.4, 0.5) is 0 Å². The predicted octanol–water partition coefficient (Wildman–Crippen LogP) is 1.42. The largest absolute Gasteiger partial charge is 0.481 e. The van der Waals surface area contributed by atoms with Gasteiger partial charge in [-0.3, -0.25) is 9.59 Å². The first-order valence-electron chi connectivity index (χ1n) is 5.04. The summed E-state index contributed by atoms with van der Waals surface area (Å²) >= 11 is 0. The minimum Gasteiger partial charge on any atom is -0.481 e. The maximum Gasteiger partial charge on any atom is 0.307 e. The molecule has 15 heavy (non-hydrogen) atoms. The molecule has 1 amide bonds. The monoisotopic (exact) mass is 213 g/mol. The summed E-state index contributed by atoms with van der Waals surface area (Å²) in [6, 6.07) is -0.00144. The molecule has 2 N–H and O–H groups in total. The SMILES string of the molecule is C=CCC(C)NC(=O)C(C)C(C)C(=O)O. The molecule has 4 heteroatoms. The number of nitrogens with one attached hydrogen (secondary N) is 1. The Bertz CT molecular complexity index is 250. The van der Waals surface area contributed by atoms with Gasteiger partial charge in [0, 0.05) is 12.0 Å². The van der Waals surface area contributed by atoms with Gasteiger partial charge in [0.1, 0.15) is 0 Å². The van der Waals surface area contributed by atoms with E-state index in [9.17, 15) is 9.59 Å². The summed E-state index contributed by atoms with van der Waals surface area (Å²) in [6.45, 7) is 8.58. The van der Waals surface area contributed by atoms with E-state index in [2.05, 4.69) is 11.9 Å². The first kappa shape index (κ1) is 13.7.